The Kier molecular flexibility index (Phi) is 4.12. The quantitative estimate of drug-likeness (QED) is 0.843. The van der Waals surface area contributed by atoms with Crippen LogP contribution >= 0.6 is 0 Å². The molecule has 1 aliphatic carbocycles. The van der Waals surface area contributed by atoms with Gasteiger partial charge in [0.2, 0.25) is 0 Å². The molecular weight excluding hydrogens is 226 g/mol. The lowest BCUT2D eigenvalue weighted by Gasteiger charge is -2.42. The van der Waals surface area contributed by atoms with E-state index in [1.165, 1.54) is 12.0 Å². The number of benzene rings is 1. The van der Waals surface area contributed by atoms with Crippen LogP contribution in [0.15, 0.2) is 18.2 Å². The first-order valence-corrected chi connectivity index (χ1v) is 6.79. The van der Waals surface area contributed by atoms with Crippen molar-refractivity contribution in [1.29, 1.82) is 0 Å². The smallest absolute Gasteiger partial charge is 0.162 e. The maximum absolute atomic E-state index is 6.19. The monoisotopic (exact) mass is 249 g/mol. The normalized spacial score (nSPS) is 17.1. The summed E-state index contributed by atoms with van der Waals surface area (Å²) in [5, 5.41) is 0. The third kappa shape index (κ3) is 2.61. The van der Waals surface area contributed by atoms with Crippen LogP contribution in [0.25, 0.3) is 0 Å². The number of rotatable bonds is 6. The van der Waals surface area contributed by atoms with Gasteiger partial charge in [0.1, 0.15) is 5.60 Å². The van der Waals surface area contributed by atoms with Crippen LogP contribution in [-0.4, -0.2) is 19.3 Å². The van der Waals surface area contributed by atoms with Crippen molar-refractivity contribution in [3.8, 4) is 11.5 Å². The van der Waals surface area contributed by atoms with E-state index in [0.717, 1.165) is 37.2 Å². The fourth-order valence-electron chi connectivity index (χ4n) is 2.49. The van der Waals surface area contributed by atoms with Gasteiger partial charge in [0.15, 0.2) is 11.5 Å². The molecule has 0 heterocycles. The van der Waals surface area contributed by atoms with Crippen molar-refractivity contribution in [2.45, 2.75) is 44.6 Å². The summed E-state index contributed by atoms with van der Waals surface area (Å²) in [5.41, 5.74) is 6.90. The van der Waals surface area contributed by atoms with E-state index in [2.05, 4.69) is 19.1 Å². The lowest BCUT2D eigenvalue weighted by molar-refractivity contribution is -0.0143. The SMILES string of the molecule is CCc1ccc(OC2(CCN)CCC2)c(OC)c1. The molecule has 0 aromatic heterocycles. The largest absolute Gasteiger partial charge is 0.493 e. The standard InChI is InChI=1S/C15H23NO2/c1-3-12-5-6-13(14(11-12)17-2)18-15(9-10-16)7-4-8-15/h5-6,11H,3-4,7-10,16H2,1-2H3. The van der Waals surface area contributed by atoms with Crippen LogP contribution in [0.2, 0.25) is 0 Å². The van der Waals surface area contributed by atoms with Gasteiger partial charge in [-0.25, -0.2) is 0 Å². The molecule has 1 aliphatic rings. The first-order chi connectivity index (χ1) is 8.73. The number of nitrogens with two attached hydrogens (primary N) is 1. The molecular formula is C15H23NO2. The van der Waals surface area contributed by atoms with Crippen molar-refractivity contribution in [2.24, 2.45) is 5.73 Å². The summed E-state index contributed by atoms with van der Waals surface area (Å²) in [7, 11) is 1.69. The fourth-order valence-corrected chi connectivity index (χ4v) is 2.49. The van der Waals surface area contributed by atoms with E-state index in [1.54, 1.807) is 7.11 Å². The summed E-state index contributed by atoms with van der Waals surface area (Å²) in [5.74, 6) is 1.68. The molecule has 0 saturated heterocycles. The molecule has 100 valence electrons. The van der Waals surface area contributed by atoms with E-state index in [0.29, 0.717) is 6.54 Å². The van der Waals surface area contributed by atoms with Crippen molar-refractivity contribution < 1.29 is 9.47 Å². The highest BCUT2D eigenvalue weighted by Crippen LogP contribution is 2.41. The van der Waals surface area contributed by atoms with Crippen LogP contribution in [-0.2, 0) is 6.42 Å². The Morgan fingerprint density at radius 1 is 1.28 bits per heavy atom. The Morgan fingerprint density at radius 3 is 2.56 bits per heavy atom. The molecule has 0 spiro atoms. The van der Waals surface area contributed by atoms with Crippen molar-refractivity contribution in [1.82, 2.24) is 0 Å². The van der Waals surface area contributed by atoms with Crippen LogP contribution in [0.5, 0.6) is 11.5 Å². The third-order valence-electron chi connectivity index (χ3n) is 3.83. The summed E-state index contributed by atoms with van der Waals surface area (Å²) in [6.45, 7) is 2.81. The molecule has 2 rings (SSSR count). The van der Waals surface area contributed by atoms with Gasteiger partial charge in [0.25, 0.3) is 0 Å². The highest BCUT2D eigenvalue weighted by molar-refractivity contribution is 5.43. The molecule has 1 fully saturated rings. The predicted molar refractivity (Wildman–Crippen MR) is 73.3 cm³/mol. The average Bonchev–Trinajstić information content (AvgIpc) is 2.36. The zero-order valence-electron chi connectivity index (χ0n) is 11.4. The maximum Gasteiger partial charge on any atom is 0.162 e. The minimum absolute atomic E-state index is 0.0459. The highest BCUT2D eigenvalue weighted by Gasteiger charge is 2.39. The van der Waals surface area contributed by atoms with Gasteiger partial charge in [-0.3, -0.25) is 0 Å². The fraction of sp³-hybridized carbons (Fsp3) is 0.600. The van der Waals surface area contributed by atoms with Crippen LogP contribution in [0.3, 0.4) is 0 Å². The predicted octanol–water partition coefficient (Wildman–Crippen LogP) is 2.91. The van der Waals surface area contributed by atoms with Gasteiger partial charge >= 0.3 is 0 Å². The van der Waals surface area contributed by atoms with E-state index < -0.39 is 0 Å². The second-order valence-electron chi connectivity index (χ2n) is 5.02. The summed E-state index contributed by atoms with van der Waals surface area (Å²) < 4.78 is 11.6. The number of methoxy groups -OCH3 is 1. The van der Waals surface area contributed by atoms with Crippen LogP contribution < -0.4 is 15.2 Å². The van der Waals surface area contributed by atoms with Crippen LogP contribution in [0, 0.1) is 0 Å². The number of hydrogen-bond acceptors (Lipinski definition) is 3. The van der Waals surface area contributed by atoms with E-state index >= 15 is 0 Å². The third-order valence-corrected chi connectivity index (χ3v) is 3.83. The summed E-state index contributed by atoms with van der Waals surface area (Å²) >= 11 is 0. The van der Waals surface area contributed by atoms with Gasteiger partial charge in [-0.2, -0.15) is 0 Å². The first kappa shape index (κ1) is 13.2. The molecule has 0 radical (unpaired) electrons. The molecule has 0 unspecified atom stereocenters. The van der Waals surface area contributed by atoms with Crippen molar-refractivity contribution in [2.75, 3.05) is 13.7 Å². The Morgan fingerprint density at radius 2 is 2.06 bits per heavy atom. The van der Waals surface area contributed by atoms with Crippen molar-refractivity contribution in [3.05, 3.63) is 23.8 Å². The molecule has 0 aliphatic heterocycles. The lowest BCUT2D eigenvalue weighted by Crippen LogP contribution is -2.44. The first-order valence-electron chi connectivity index (χ1n) is 6.79. The maximum atomic E-state index is 6.19. The van der Waals surface area contributed by atoms with E-state index in [9.17, 15) is 0 Å². The van der Waals surface area contributed by atoms with E-state index in [4.69, 9.17) is 15.2 Å². The molecule has 18 heavy (non-hydrogen) atoms. The van der Waals surface area contributed by atoms with E-state index in [-0.39, 0.29) is 5.60 Å². The van der Waals surface area contributed by atoms with Gasteiger partial charge in [-0.15, -0.1) is 0 Å². The Labute approximate surface area is 109 Å². The summed E-state index contributed by atoms with van der Waals surface area (Å²) in [4.78, 5) is 0. The number of hydrogen-bond donors (Lipinski definition) is 1. The van der Waals surface area contributed by atoms with Gasteiger partial charge in [0.05, 0.1) is 7.11 Å². The van der Waals surface area contributed by atoms with Crippen LogP contribution in [0.4, 0.5) is 0 Å². The Bertz CT molecular complexity index is 399. The molecule has 3 heteroatoms. The molecule has 0 amide bonds. The molecule has 1 aromatic carbocycles. The minimum atomic E-state index is -0.0459. The molecule has 2 N–H and O–H groups in total. The van der Waals surface area contributed by atoms with E-state index in [1.807, 2.05) is 6.07 Å². The zero-order chi connectivity index (χ0) is 13.0. The number of ether oxygens (including phenoxy) is 2. The lowest BCUT2D eigenvalue weighted by atomic mass is 9.77. The van der Waals surface area contributed by atoms with Gasteiger partial charge in [-0.1, -0.05) is 13.0 Å². The summed E-state index contributed by atoms with van der Waals surface area (Å²) in [6.07, 6.45) is 5.36. The molecule has 0 bridgehead atoms. The topological polar surface area (TPSA) is 44.5 Å². The Balaban J connectivity index is 2.17. The molecule has 1 saturated carbocycles. The van der Waals surface area contributed by atoms with Gasteiger partial charge in [0, 0.05) is 0 Å². The zero-order valence-corrected chi connectivity index (χ0v) is 11.4. The molecule has 0 atom stereocenters. The second-order valence-corrected chi connectivity index (χ2v) is 5.02. The second kappa shape index (κ2) is 5.61. The average molecular weight is 249 g/mol. The van der Waals surface area contributed by atoms with Gasteiger partial charge in [-0.05, 0) is 56.3 Å². The molecule has 3 nitrogen and oxygen atoms in total. The molecule has 1 aromatic rings. The highest BCUT2D eigenvalue weighted by atomic mass is 16.5. The van der Waals surface area contributed by atoms with Gasteiger partial charge < -0.3 is 15.2 Å². The number of aryl methyl sites for hydroxylation is 1. The van der Waals surface area contributed by atoms with Crippen LogP contribution in [0.1, 0.15) is 38.2 Å². The van der Waals surface area contributed by atoms with Crippen molar-refractivity contribution in [3.63, 3.8) is 0 Å². The minimum Gasteiger partial charge on any atom is -0.493 e. The van der Waals surface area contributed by atoms with Crippen molar-refractivity contribution >= 4 is 0 Å². The Hall–Kier alpha value is -1.22. The summed E-state index contributed by atoms with van der Waals surface area (Å²) in [6, 6.07) is 6.19.